The van der Waals surface area contributed by atoms with Gasteiger partial charge in [-0.3, -0.25) is 0 Å². The third-order valence-electron chi connectivity index (χ3n) is 2.54. The summed E-state index contributed by atoms with van der Waals surface area (Å²) < 4.78 is 0.980. The maximum atomic E-state index is 11.6. The molecule has 0 atom stereocenters. The van der Waals surface area contributed by atoms with Crippen LogP contribution >= 0.6 is 27.3 Å². The number of nitrogens with one attached hydrogen (secondary N) is 2. The van der Waals surface area contributed by atoms with Crippen LogP contribution in [-0.2, 0) is 13.1 Å². The summed E-state index contributed by atoms with van der Waals surface area (Å²) in [7, 11) is 0. The zero-order valence-corrected chi connectivity index (χ0v) is 13.2. The van der Waals surface area contributed by atoms with E-state index in [2.05, 4.69) is 31.5 Å². The van der Waals surface area contributed by atoms with Crippen molar-refractivity contribution in [3.05, 3.63) is 50.4 Å². The summed E-state index contributed by atoms with van der Waals surface area (Å²) in [6.07, 6.45) is 0. The smallest absolute Gasteiger partial charge is 0.355 e. The van der Waals surface area contributed by atoms with E-state index < -0.39 is 5.97 Å². The molecule has 2 amide bonds. The van der Waals surface area contributed by atoms with Crippen molar-refractivity contribution in [2.75, 3.05) is 0 Å². The summed E-state index contributed by atoms with van der Waals surface area (Å²) in [5.74, 6) is -1.07. The topological polar surface area (TPSA) is 91.3 Å². The van der Waals surface area contributed by atoms with Crippen LogP contribution in [0.15, 0.2) is 34.1 Å². The quantitative estimate of drug-likeness (QED) is 0.755. The number of aromatic nitrogens is 1. The summed E-state index contributed by atoms with van der Waals surface area (Å²) in [6.45, 7) is 0.613. The van der Waals surface area contributed by atoms with Gasteiger partial charge in [-0.15, -0.1) is 11.3 Å². The standard InChI is InChI=1S/C13H12BrN3O3S/c14-9-3-1-8(2-4-9)5-15-13(20)16-6-11-17-10(7-21-11)12(18)19/h1-4,7H,5-6H2,(H,18,19)(H2,15,16,20). The molecule has 6 nitrogen and oxygen atoms in total. The molecule has 0 aliphatic heterocycles. The highest BCUT2D eigenvalue weighted by Crippen LogP contribution is 2.10. The molecule has 2 aromatic rings. The number of thiazole rings is 1. The van der Waals surface area contributed by atoms with Gasteiger partial charge in [0.25, 0.3) is 0 Å². The number of rotatable bonds is 5. The predicted octanol–water partition coefficient (Wildman–Crippen LogP) is 2.60. The first kappa shape index (κ1) is 15.5. The Bertz CT molecular complexity index is 642. The van der Waals surface area contributed by atoms with Crippen molar-refractivity contribution in [2.24, 2.45) is 0 Å². The number of aromatic carboxylic acids is 1. The maximum Gasteiger partial charge on any atom is 0.355 e. The lowest BCUT2D eigenvalue weighted by Gasteiger charge is -2.06. The number of carbonyl (C=O) groups excluding carboxylic acids is 1. The summed E-state index contributed by atoms with van der Waals surface area (Å²) in [6, 6.07) is 7.29. The third-order valence-corrected chi connectivity index (χ3v) is 3.91. The number of carboxylic acids is 1. The Kier molecular flexibility index (Phi) is 5.29. The molecule has 110 valence electrons. The number of amides is 2. The first-order valence-corrected chi connectivity index (χ1v) is 7.65. The van der Waals surface area contributed by atoms with E-state index in [0.29, 0.717) is 11.6 Å². The van der Waals surface area contributed by atoms with E-state index in [-0.39, 0.29) is 18.3 Å². The van der Waals surface area contributed by atoms with Gasteiger partial charge in [-0.2, -0.15) is 0 Å². The molecule has 0 spiro atoms. The highest BCUT2D eigenvalue weighted by Gasteiger charge is 2.09. The van der Waals surface area contributed by atoms with Crippen LogP contribution in [0.1, 0.15) is 21.1 Å². The Morgan fingerprint density at radius 2 is 1.86 bits per heavy atom. The van der Waals surface area contributed by atoms with E-state index in [1.165, 1.54) is 16.7 Å². The first-order valence-electron chi connectivity index (χ1n) is 5.98. The van der Waals surface area contributed by atoms with Crippen molar-refractivity contribution >= 4 is 39.3 Å². The van der Waals surface area contributed by atoms with Crippen LogP contribution in [0.25, 0.3) is 0 Å². The maximum absolute atomic E-state index is 11.6. The largest absolute Gasteiger partial charge is 0.476 e. The number of carbonyl (C=O) groups is 2. The van der Waals surface area contributed by atoms with Crippen LogP contribution in [0.5, 0.6) is 0 Å². The third kappa shape index (κ3) is 4.83. The summed E-state index contributed by atoms with van der Waals surface area (Å²) in [4.78, 5) is 26.2. The van der Waals surface area contributed by atoms with Gasteiger partial charge in [0.2, 0.25) is 0 Å². The molecule has 1 heterocycles. The molecular formula is C13H12BrN3O3S. The summed E-state index contributed by atoms with van der Waals surface area (Å²) >= 11 is 4.54. The van der Waals surface area contributed by atoms with Gasteiger partial charge in [0.15, 0.2) is 5.69 Å². The molecule has 8 heteroatoms. The van der Waals surface area contributed by atoms with Gasteiger partial charge in [-0.25, -0.2) is 14.6 Å². The number of halogens is 1. The van der Waals surface area contributed by atoms with Crippen LogP contribution in [-0.4, -0.2) is 22.1 Å². The minimum absolute atomic E-state index is 0.00734. The Morgan fingerprint density at radius 1 is 1.19 bits per heavy atom. The highest BCUT2D eigenvalue weighted by molar-refractivity contribution is 9.10. The molecule has 0 fully saturated rings. The molecular weight excluding hydrogens is 358 g/mol. The van der Waals surface area contributed by atoms with Crippen LogP contribution in [0.3, 0.4) is 0 Å². The zero-order valence-electron chi connectivity index (χ0n) is 10.8. The lowest BCUT2D eigenvalue weighted by molar-refractivity contribution is 0.0691. The number of hydrogen-bond acceptors (Lipinski definition) is 4. The minimum Gasteiger partial charge on any atom is -0.476 e. The molecule has 0 aliphatic carbocycles. The van der Waals surface area contributed by atoms with Crippen LogP contribution in [0.4, 0.5) is 4.79 Å². The second-order valence-electron chi connectivity index (χ2n) is 4.09. The van der Waals surface area contributed by atoms with Gasteiger partial charge in [-0.1, -0.05) is 28.1 Å². The molecule has 3 N–H and O–H groups in total. The van der Waals surface area contributed by atoms with Crippen LogP contribution in [0.2, 0.25) is 0 Å². The second-order valence-corrected chi connectivity index (χ2v) is 5.95. The summed E-state index contributed by atoms with van der Waals surface area (Å²) in [5, 5.41) is 16.1. The fourth-order valence-corrected chi connectivity index (χ4v) is 2.47. The Labute approximate surface area is 133 Å². The number of urea groups is 1. The lowest BCUT2D eigenvalue weighted by Crippen LogP contribution is -2.34. The fraction of sp³-hybridized carbons (Fsp3) is 0.154. The number of benzene rings is 1. The molecule has 0 radical (unpaired) electrons. The Morgan fingerprint density at radius 3 is 2.48 bits per heavy atom. The lowest BCUT2D eigenvalue weighted by atomic mass is 10.2. The van der Waals surface area contributed by atoms with E-state index in [4.69, 9.17) is 5.11 Å². The van der Waals surface area contributed by atoms with Crippen molar-refractivity contribution < 1.29 is 14.7 Å². The first-order chi connectivity index (χ1) is 10.0. The molecule has 2 rings (SSSR count). The van der Waals surface area contributed by atoms with Gasteiger partial charge in [-0.05, 0) is 17.7 Å². The average molecular weight is 370 g/mol. The predicted molar refractivity (Wildman–Crippen MR) is 82.3 cm³/mol. The van der Waals surface area contributed by atoms with Crippen molar-refractivity contribution in [1.82, 2.24) is 15.6 Å². The van der Waals surface area contributed by atoms with E-state index in [0.717, 1.165) is 10.0 Å². The van der Waals surface area contributed by atoms with Crippen LogP contribution in [0, 0.1) is 0 Å². The van der Waals surface area contributed by atoms with Crippen molar-refractivity contribution in [2.45, 2.75) is 13.1 Å². The highest BCUT2D eigenvalue weighted by atomic mass is 79.9. The zero-order chi connectivity index (χ0) is 15.2. The molecule has 0 saturated heterocycles. The molecule has 1 aromatic carbocycles. The monoisotopic (exact) mass is 369 g/mol. The average Bonchev–Trinajstić information content (AvgIpc) is 2.93. The molecule has 1 aromatic heterocycles. The fourth-order valence-electron chi connectivity index (χ4n) is 1.49. The van der Waals surface area contributed by atoms with E-state index in [9.17, 15) is 9.59 Å². The second kappa shape index (κ2) is 7.19. The summed E-state index contributed by atoms with van der Waals surface area (Å²) in [5.41, 5.74) is 0.975. The van der Waals surface area contributed by atoms with Crippen molar-refractivity contribution in [3.63, 3.8) is 0 Å². The molecule has 0 aliphatic rings. The molecule has 0 bridgehead atoms. The van der Waals surface area contributed by atoms with Gasteiger partial charge in [0.05, 0.1) is 6.54 Å². The van der Waals surface area contributed by atoms with Gasteiger partial charge in [0.1, 0.15) is 5.01 Å². The van der Waals surface area contributed by atoms with Crippen molar-refractivity contribution in [3.8, 4) is 0 Å². The van der Waals surface area contributed by atoms with Crippen molar-refractivity contribution in [1.29, 1.82) is 0 Å². The number of nitrogens with zero attached hydrogens (tertiary/aromatic N) is 1. The Balaban J connectivity index is 1.76. The normalized spacial score (nSPS) is 10.1. The van der Waals surface area contributed by atoms with E-state index in [1.54, 1.807) is 0 Å². The Hall–Kier alpha value is -1.93. The van der Waals surface area contributed by atoms with Crippen LogP contribution < -0.4 is 10.6 Å². The van der Waals surface area contributed by atoms with Gasteiger partial charge in [0, 0.05) is 16.4 Å². The van der Waals surface area contributed by atoms with Gasteiger partial charge < -0.3 is 15.7 Å². The van der Waals surface area contributed by atoms with Gasteiger partial charge >= 0.3 is 12.0 Å². The molecule has 0 saturated carbocycles. The van der Waals surface area contributed by atoms with E-state index in [1.807, 2.05) is 24.3 Å². The number of carboxylic acid groups (broad SMARTS) is 1. The van der Waals surface area contributed by atoms with E-state index >= 15 is 0 Å². The molecule has 21 heavy (non-hydrogen) atoms. The SMILES string of the molecule is O=C(NCc1ccc(Br)cc1)NCc1nc(C(=O)O)cs1. The minimum atomic E-state index is -1.07. The number of hydrogen-bond donors (Lipinski definition) is 3. The molecule has 0 unspecified atom stereocenters.